The van der Waals surface area contributed by atoms with Crippen LogP contribution < -0.4 is 10.6 Å². The fourth-order valence-electron chi connectivity index (χ4n) is 2.73. The first-order valence-corrected chi connectivity index (χ1v) is 6.80. The van der Waals surface area contributed by atoms with Crippen molar-refractivity contribution < 1.29 is 9.53 Å². The van der Waals surface area contributed by atoms with Crippen LogP contribution in [0.2, 0.25) is 0 Å². The van der Waals surface area contributed by atoms with Crippen LogP contribution >= 0.6 is 0 Å². The first-order chi connectivity index (χ1) is 8.97. The highest BCUT2D eigenvalue weighted by Gasteiger charge is 2.33. The lowest BCUT2D eigenvalue weighted by molar-refractivity contribution is 0.0527. The second-order valence-corrected chi connectivity index (χ2v) is 5.53. The van der Waals surface area contributed by atoms with Crippen LogP contribution in [0.5, 0.6) is 0 Å². The average Bonchev–Trinajstić information content (AvgIpc) is 2.69. The van der Waals surface area contributed by atoms with Crippen LogP contribution in [-0.4, -0.2) is 24.7 Å². The van der Waals surface area contributed by atoms with Gasteiger partial charge < -0.3 is 15.4 Å². The summed E-state index contributed by atoms with van der Waals surface area (Å²) in [6.45, 7) is 7.54. The Morgan fingerprint density at radius 3 is 2.79 bits per heavy atom. The van der Waals surface area contributed by atoms with Crippen LogP contribution in [0.1, 0.15) is 44.0 Å². The largest absolute Gasteiger partial charge is 0.462 e. The fourth-order valence-corrected chi connectivity index (χ4v) is 2.73. The summed E-state index contributed by atoms with van der Waals surface area (Å²) < 4.78 is 5.04. The average molecular weight is 262 g/mol. The molecule has 1 aliphatic rings. The third kappa shape index (κ3) is 2.53. The Labute approximate surface area is 114 Å². The number of hydrogen-bond acceptors (Lipinski definition) is 4. The third-order valence-electron chi connectivity index (χ3n) is 3.77. The van der Waals surface area contributed by atoms with E-state index in [2.05, 4.69) is 18.7 Å². The first kappa shape index (κ1) is 13.7. The second kappa shape index (κ2) is 5.11. The number of rotatable bonds is 3. The Morgan fingerprint density at radius 2 is 2.21 bits per heavy atom. The monoisotopic (exact) mass is 262 g/mol. The molecule has 0 aromatic heterocycles. The van der Waals surface area contributed by atoms with Crippen molar-refractivity contribution >= 4 is 17.3 Å². The molecule has 2 N–H and O–H groups in total. The van der Waals surface area contributed by atoms with Gasteiger partial charge in [-0.25, -0.2) is 4.79 Å². The molecular weight excluding hydrogens is 240 g/mol. The molecule has 0 atom stereocenters. The maximum atomic E-state index is 11.9. The van der Waals surface area contributed by atoms with Gasteiger partial charge in [0.1, 0.15) is 0 Å². The van der Waals surface area contributed by atoms with Crippen LogP contribution in [0.25, 0.3) is 0 Å². The summed E-state index contributed by atoms with van der Waals surface area (Å²) in [5, 5.41) is 0. The molecule has 104 valence electrons. The van der Waals surface area contributed by atoms with Crippen molar-refractivity contribution in [3.05, 3.63) is 23.8 Å². The van der Waals surface area contributed by atoms with E-state index in [0.29, 0.717) is 17.9 Å². The number of carbonyl (C=O) groups excluding carboxylic acids is 1. The zero-order valence-electron chi connectivity index (χ0n) is 11.9. The molecule has 2 rings (SSSR count). The zero-order valence-corrected chi connectivity index (χ0v) is 11.9. The topological polar surface area (TPSA) is 55.6 Å². The van der Waals surface area contributed by atoms with Gasteiger partial charge in [0.2, 0.25) is 0 Å². The maximum Gasteiger partial charge on any atom is 0.340 e. The number of anilines is 2. The van der Waals surface area contributed by atoms with Gasteiger partial charge in [0.25, 0.3) is 0 Å². The van der Waals surface area contributed by atoms with Crippen LogP contribution in [0.4, 0.5) is 11.4 Å². The van der Waals surface area contributed by atoms with Gasteiger partial charge in [-0.3, -0.25) is 0 Å². The molecule has 0 aliphatic carbocycles. The van der Waals surface area contributed by atoms with E-state index in [9.17, 15) is 4.79 Å². The highest BCUT2D eigenvalue weighted by Crippen LogP contribution is 2.37. The molecule has 1 fully saturated rings. The van der Waals surface area contributed by atoms with Crippen LogP contribution in [0.3, 0.4) is 0 Å². The number of hydrogen-bond donors (Lipinski definition) is 1. The van der Waals surface area contributed by atoms with Gasteiger partial charge in [-0.1, -0.05) is 6.07 Å². The van der Waals surface area contributed by atoms with E-state index in [1.54, 1.807) is 13.0 Å². The van der Waals surface area contributed by atoms with Crippen molar-refractivity contribution in [2.45, 2.75) is 39.2 Å². The van der Waals surface area contributed by atoms with Crippen molar-refractivity contribution in [2.24, 2.45) is 0 Å². The highest BCUT2D eigenvalue weighted by molar-refractivity contribution is 5.98. The number of nitrogen functional groups attached to an aromatic ring is 1. The number of nitrogens with two attached hydrogens (primary N) is 1. The van der Waals surface area contributed by atoms with E-state index in [4.69, 9.17) is 10.5 Å². The van der Waals surface area contributed by atoms with Crippen molar-refractivity contribution in [2.75, 3.05) is 23.8 Å². The summed E-state index contributed by atoms with van der Waals surface area (Å²) in [6.07, 6.45) is 2.28. The lowest BCUT2D eigenvalue weighted by Gasteiger charge is -2.34. The molecule has 0 amide bonds. The summed E-state index contributed by atoms with van der Waals surface area (Å²) >= 11 is 0. The number of benzene rings is 1. The SMILES string of the molecule is CCOC(=O)c1cccc(N2CCCC2(C)C)c1N. The fraction of sp³-hybridized carbons (Fsp3) is 0.533. The standard InChI is InChI=1S/C15H22N2O2/c1-4-19-14(18)11-7-5-8-12(13(11)16)17-10-6-9-15(17,2)3/h5,7-8H,4,6,9-10,16H2,1-3H3. The minimum atomic E-state index is -0.348. The Bertz CT molecular complexity index is 483. The number of nitrogens with zero attached hydrogens (tertiary/aromatic N) is 1. The molecular formula is C15H22N2O2. The first-order valence-electron chi connectivity index (χ1n) is 6.80. The molecule has 0 unspecified atom stereocenters. The predicted molar refractivity (Wildman–Crippen MR) is 77.5 cm³/mol. The van der Waals surface area contributed by atoms with Crippen molar-refractivity contribution in [3.63, 3.8) is 0 Å². The normalized spacial score (nSPS) is 17.5. The Kier molecular flexibility index (Phi) is 3.69. The smallest absolute Gasteiger partial charge is 0.340 e. The highest BCUT2D eigenvalue weighted by atomic mass is 16.5. The summed E-state index contributed by atoms with van der Waals surface area (Å²) in [5.41, 5.74) is 8.18. The lowest BCUT2D eigenvalue weighted by atomic mass is 10.0. The minimum Gasteiger partial charge on any atom is -0.462 e. The summed E-state index contributed by atoms with van der Waals surface area (Å²) in [6, 6.07) is 5.57. The zero-order chi connectivity index (χ0) is 14.0. The van der Waals surface area contributed by atoms with Crippen molar-refractivity contribution in [3.8, 4) is 0 Å². The molecule has 1 aromatic carbocycles. The molecule has 1 aromatic rings. The van der Waals surface area contributed by atoms with Crippen LogP contribution in [-0.2, 0) is 4.74 Å². The number of ether oxygens (including phenoxy) is 1. The van der Waals surface area contributed by atoms with Gasteiger partial charge in [-0.15, -0.1) is 0 Å². The Morgan fingerprint density at radius 1 is 1.47 bits per heavy atom. The summed E-state index contributed by atoms with van der Waals surface area (Å²) in [5.74, 6) is -0.348. The number of para-hydroxylation sites is 1. The van der Waals surface area contributed by atoms with E-state index in [-0.39, 0.29) is 11.5 Å². The molecule has 0 bridgehead atoms. The molecule has 19 heavy (non-hydrogen) atoms. The van der Waals surface area contributed by atoms with Crippen LogP contribution in [0.15, 0.2) is 18.2 Å². The molecule has 1 heterocycles. The van der Waals surface area contributed by atoms with Crippen LogP contribution in [0, 0.1) is 0 Å². The molecule has 0 spiro atoms. The second-order valence-electron chi connectivity index (χ2n) is 5.53. The quantitative estimate of drug-likeness (QED) is 0.672. The number of esters is 1. The Balaban J connectivity index is 2.37. The van der Waals surface area contributed by atoms with E-state index in [0.717, 1.165) is 25.1 Å². The minimum absolute atomic E-state index is 0.0847. The van der Waals surface area contributed by atoms with Crippen molar-refractivity contribution in [1.82, 2.24) is 0 Å². The Hall–Kier alpha value is -1.71. The molecule has 1 saturated heterocycles. The van der Waals surface area contributed by atoms with Crippen molar-refractivity contribution in [1.29, 1.82) is 0 Å². The van der Waals surface area contributed by atoms with E-state index < -0.39 is 0 Å². The van der Waals surface area contributed by atoms with Gasteiger partial charge in [0, 0.05) is 12.1 Å². The van der Waals surface area contributed by atoms with E-state index in [1.807, 2.05) is 12.1 Å². The van der Waals surface area contributed by atoms with Gasteiger partial charge in [-0.2, -0.15) is 0 Å². The summed E-state index contributed by atoms with van der Waals surface area (Å²) in [7, 11) is 0. The van der Waals surface area contributed by atoms with E-state index >= 15 is 0 Å². The van der Waals surface area contributed by atoms with Gasteiger partial charge in [0.05, 0.1) is 23.5 Å². The maximum absolute atomic E-state index is 11.9. The molecule has 0 radical (unpaired) electrons. The van der Waals surface area contributed by atoms with Gasteiger partial charge >= 0.3 is 5.97 Å². The lowest BCUT2D eigenvalue weighted by Crippen LogP contribution is -2.38. The molecule has 4 nitrogen and oxygen atoms in total. The van der Waals surface area contributed by atoms with Gasteiger partial charge in [-0.05, 0) is 45.7 Å². The molecule has 1 aliphatic heterocycles. The van der Waals surface area contributed by atoms with Gasteiger partial charge in [0.15, 0.2) is 0 Å². The summed E-state index contributed by atoms with van der Waals surface area (Å²) in [4.78, 5) is 14.2. The molecule has 0 saturated carbocycles. The third-order valence-corrected chi connectivity index (χ3v) is 3.77. The molecule has 4 heteroatoms. The predicted octanol–water partition coefficient (Wildman–Crippen LogP) is 2.82. The number of carbonyl (C=O) groups is 1. The van der Waals surface area contributed by atoms with E-state index in [1.165, 1.54) is 0 Å².